The van der Waals surface area contributed by atoms with E-state index in [4.69, 9.17) is 9.47 Å². The number of esters is 2. The Morgan fingerprint density at radius 3 is 2.42 bits per heavy atom. The third-order valence-electron chi connectivity index (χ3n) is 10.8. The van der Waals surface area contributed by atoms with Gasteiger partial charge in [-0.1, -0.05) is 87.6 Å². The average Bonchev–Trinajstić information content (AvgIpc) is 3.23. The van der Waals surface area contributed by atoms with E-state index in [1.165, 1.54) is 42.3 Å². The van der Waals surface area contributed by atoms with Crippen LogP contribution in [-0.2, 0) is 39.9 Å². The number of benzene rings is 2. The molecule has 0 saturated carbocycles. The summed E-state index contributed by atoms with van der Waals surface area (Å²) in [4.78, 5) is 80.7. The molecule has 2 heterocycles. The number of cyclic esters (lactones) is 1. The van der Waals surface area contributed by atoms with Gasteiger partial charge in [0, 0.05) is 37.8 Å². The zero-order valence-electron chi connectivity index (χ0n) is 35.9. The molecule has 3 amide bonds. The minimum atomic E-state index is -1.43. The van der Waals surface area contributed by atoms with Gasteiger partial charge >= 0.3 is 11.9 Å². The van der Waals surface area contributed by atoms with Gasteiger partial charge in [0.1, 0.15) is 41.5 Å². The Labute approximate surface area is 362 Å². The molecule has 0 aliphatic carbocycles. The molecule has 0 spiro atoms. The van der Waals surface area contributed by atoms with Crippen LogP contribution in [0, 0.1) is 17.8 Å². The number of carbonyl (C=O) groups is 6. The third kappa shape index (κ3) is 14.9. The van der Waals surface area contributed by atoms with E-state index >= 15 is 0 Å². The normalized spacial score (nSPS) is 26.3. The second-order valence-electron chi connectivity index (χ2n) is 16.1. The number of para-hydroxylation sites is 1. The van der Waals surface area contributed by atoms with Gasteiger partial charge in [-0.15, -0.1) is 0 Å². The fourth-order valence-corrected chi connectivity index (χ4v) is 7.07. The van der Waals surface area contributed by atoms with Crippen LogP contribution in [0.3, 0.4) is 0 Å². The van der Waals surface area contributed by atoms with Crippen molar-refractivity contribution in [2.24, 2.45) is 17.8 Å². The van der Waals surface area contributed by atoms with Crippen LogP contribution in [0.4, 0.5) is 0 Å². The van der Waals surface area contributed by atoms with E-state index in [1.54, 1.807) is 94.5 Å². The average molecular weight is 857 g/mol. The lowest BCUT2D eigenvalue weighted by atomic mass is 9.84. The number of allylic oxidation sites excluding steroid dienone is 4. The number of aromatic hydroxyl groups is 1. The number of hydrogen-bond acceptors (Lipinski definition) is 12. The molecule has 1 saturated heterocycles. The number of phenols is 1. The van der Waals surface area contributed by atoms with E-state index in [9.17, 15) is 44.1 Å². The first kappa shape index (κ1) is 48.8. The van der Waals surface area contributed by atoms with E-state index in [2.05, 4.69) is 16.1 Å². The number of nitrogens with one attached hydrogen (secondary N) is 3. The molecule has 8 unspecified atom stereocenters. The monoisotopic (exact) mass is 856 g/mol. The van der Waals surface area contributed by atoms with Crippen LogP contribution < -0.4 is 20.8 Å². The van der Waals surface area contributed by atoms with Gasteiger partial charge in [0.05, 0.1) is 18.1 Å². The van der Waals surface area contributed by atoms with E-state index in [1.807, 2.05) is 0 Å². The number of aliphatic hydroxyl groups is 2. The van der Waals surface area contributed by atoms with Crippen molar-refractivity contribution in [3.8, 4) is 11.5 Å². The van der Waals surface area contributed by atoms with Gasteiger partial charge in [0.15, 0.2) is 0 Å². The summed E-state index contributed by atoms with van der Waals surface area (Å²) in [5, 5.41) is 39.6. The van der Waals surface area contributed by atoms with Gasteiger partial charge in [-0.3, -0.25) is 24.2 Å². The molecule has 62 heavy (non-hydrogen) atoms. The molecule has 15 nitrogen and oxygen atoms in total. The summed E-state index contributed by atoms with van der Waals surface area (Å²) in [6.45, 7) is 8.26. The molecular weight excluding hydrogens is 797 g/mol. The van der Waals surface area contributed by atoms with Crippen LogP contribution in [0.2, 0.25) is 0 Å². The number of nitrogens with zero attached hydrogens (tertiary/aromatic N) is 1. The van der Waals surface area contributed by atoms with E-state index in [0.29, 0.717) is 29.7 Å². The minimum absolute atomic E-state index is 0.0351. The van der Waals surface area contributed by atoms with Crippen molar-refractivity contribution in [1.82, 2.24) is 21.1 Å². The maximum Gasteiger partial charge on any atom is 0.336 e. The molecule has 2 aliphatic heterocycles. The summed E-state index contributed by atoms with van der Waals surface area (Å²) in [5.41, 5.74) is 4.09. The smallest absolute Gasteiger partial charge is 0.336 e. The molecule has 334 valence electrons. The number of rotatable bonds is 10. The molecule has 2 bridgehead atoms. The Morgan fingerprint density at radius 1 is 0.984 bits per heavy atom. The standard InChI is InChI=1S/C47H60N4O11/c1-29(2)42-45(58)48-38(28-33-16-13-17-34(53)27-33)46(59)51-26-14-20-37(50-51)47(60)62-40(30(3)15-12-23-41(55)61-35-18-8-6-9-19-35)22-11-7-10-21-39(54)32(5)43(56)36(44(57)49-42)25-24-31(4)52/h6-13,15-19,21,23,27,29,32,36-40,42-43,50,53-54,56H,14,20,22,24-26,28H2,1-5H3,(H,48,58)(H,49,57). The molecule has 15 heteroatoms. The van der Waals surface area contributed by atoms with Crippen LogP contribution in [0.5, 0.6) is 11.5 Å². The number of ketones is 1. The van der Waals surface area contributed by atoms with Crippen molar-refractivity contribution in [2.45, 2.75) is 110 Å². The topological polar surface area (TPSA) is 221 Å². The van der Waals surface area contributed by atoms with Crippen LogP contribution >= 0.6 is 0 Å². The van der Waals surface area contributed by atoms with Crippen molar-refractivity contribution in [1.29, 1.82) is 0 Å². The minimum Gasteiger partial charge on any atom is -0.508 e. The molecule has 2 aromatic rings. The SMILES string of the molecule is CC(=O)CCC1C(=O)NC(C(C)C)C(=O)NC(Cc2cccc(O)c2)C(=O)N2CCCC(N2)C(=O)OC(C(C)=CC=CC(=O)Oc2ccccc2)CC=CC=CC(O)C(C)C1O. The highest BCUT2D eigenvalue weighted by Crippen LogP contribution is 2.24. The van der Waals surface area contributed by atoms with Crippen molar-refractivity contribution in [3.05, 3.63) is 108 Å². The molecular formula is C47H60N4O11. The molecule has 4 rings (SSSR count). The Morgan fingerprint density at radius 2 is 1.73 bits per heavy atom. The van der Waals surface area contributed by atoms with Gasteiger partial charge in [0.25, 0.3) is 5.91 Å². The number of fused-ring (bicyclic) bond motifs is 2. The second kappa shape index (κ2) is 23.9. The number of hydrogen-bond donors (Lipinski definition) is 6. The quantitative estimate of drug-likeness (QED) is 0.0867. The third-order valence-corrected chi connectivity index (χ3v) is 10.8. The number of carbonyl (C=O) groups excluding carboxylic acids is 6. The molecule has 2 aliphatic rings. The maximum absolute atomic E-state index is 14.3. The largest absolute Gasteiger partial charge is 0.508 e. The number of phenolic OH excluding ortho intramolecular Hbond substituents is 1. The van der Waals surface area contributed by atoms with Gasteiger partial charge in [0.2, 0.25) is 11.8 Å². The Bertz CT molecular complexity index is 2000. The number of hydrazine groups is 1. The molecule has 6 N–H and O–H groups in total. The number of amides is 3. The predicted molar refractivity (Wildman–Crippen MR) is 231 cm³/mol. The Kier molecular flexibility index (Phi) is 18.8. The summed E-state index contributed by atoms with van der Waals surface area (Å²) in [5.74, 6) is -5.69. The fraction of sp³-hybridized carbons (Fsp3) is 0.447. The zero-order valence-corrected chi connectivity index (χ0v) is 35.9. The van der Waals surface area contributed by atoms with Gasteiger partial charge in [-0.05, 0) is 74.4 Å². The summed E-state index contributed by atoms with van der Waals surface area (Å²) in [6, 6.07) is 11.4. The summed E-state index contributed by atoms with van der Waals surface area (Å²) in [7, 11) is 0. The van der Waals surface area contributed by atoms with Crippen LogP contribution in [0.25, 0.3) is 0 Å². The van der Waals surface area contributed by atoms with Crippen molar-refractivity contribution in [3.63, 3.8) is 0 Å². The van der Waals surface area contributed by atoms with E-state index in [0.717, 1.165) is 0 Å². The number of aliphatic hydroxyl groups excluding tert-OH is 2. The Balaban J connectivity index is 1.70. The predicted octanol–water partition coefficient (Wildman–Crippen LogP) is 3.94. The van der Waals surface area contributed by atoms with Crippen LogP contribution in [0.15, 0.2) is 103 Å². The van der Waals surface area contributed by atoms with Crippen LogP contribution in [0.1, 0.15) is 72.3 Å². The van der Waals surface area contributed by atoms with E-state index in [-0.39, 0.29) is 43.8 Å². The number of Topliss-reactive ketones (excluding diaryl/α,β-unsaturated/α-hetero) is 1. The van der Waals surface area contributed by atoms with Crippen molar-refractivity contribution >= 4 is 35.4 Å². The Hall–Kier alpha value is -5.90. The van der Waals surface area contributed by atoms with Gasteiger partial charge in [-0.25, -0.2) is 10.2 Å². The van der Waals surface area contributed by atoms with Crippen molar-refractivity contribution < 1.29 is 53.6 Å². The molecule has 0 radical (unpaired) electrons. The van der Waals surface area contributed by atoms with E-state index < -0.39 is 83.9 Å². The molecule has 8 atom stereocenters. The maximum atomic E-state index is 14.3. The van der Waals surface area contributed by atoms with Gasteiger partial charge < -0.3 is 40.2 Å². The first-order valence-corrected chi connectivity index (χ1v) is 21.0. The second-order valence-corrected chi connectivity index (χ2v) is 16.1. The van der Waals surface area contributed by atoms with Crippen molar-refractivity contribution in [2.75, 3.05) is 6.54 Å². The summed E-state index contributed by atoms with van der Waals surface area (Å²) < 4.78 is 11.3. The lowest BCUT2D eigenvalue weighted by Gasteiger charge is -2.36. The molecule has 1 fully saturated rings. The molecule has 0 aromatic heterocycles. The van der Waals surface area contributed by atoms with Crippen LogP contribution in [-0.4, -0.2) is 98.8 Å². The fourth-order valence-electron chi connectivity index (χ4n) is 7.07. The highest BCUT2D eigenvalue weighted by molar-refractivity contribution is 5.93. The first-order chi connectivity index (χ1) is 29.5. The lowest BCUT2D eigenvalue weighted by molar-refractivity contribution is -0.156. The van der Waals surface area contributed by atoms with Gasteiger partial charge in [-0.2, -0.15) is 0 Å². The highest BCUT2D eigenvalue weighted by atomic mass is 16.5. The summed E-state index contributed by atoms with van der Waals surface area (Å²) >= 11 is 0. The zero-order chi connectivity index (χ0) is 45.3. The lowest BCUT2D eigenvalue weighted by Crippen LogP contribution is -2.62. The first-order valence-electron chi connectivity index (χ1n) is 21.0. The molecule has 2 aromatic carbocycles. The number of ether oxygens (including phenoxy) is 2. The highest BCUT2D eigenvalue weighted by Gasteiger charge is 2.38. The summed E-state index contributed by atoms with van der Waals surface area (Å²) in [6.07, 6.45) is 7.97.